The molecule has 3 rings (SSSR count). The van der Waals surface area contributed by atoms with Crippen LogP contribution in [0.2, 0.25) is 0 Å². The van der Waals surface area contributed by atoms with Gasteiger partial charge in [0.15, 0.2) is 0 Å². The predicted octanol–water partition coefficient (Wildman–Crippen LogP) is 3.69. The van der Waals surface area contributed by atoms with Gasteiger partial charge in [-0.15, -0.1) is 0 Å². The van der Waals surface area contributed by atoms with Crippen LogP contribution < -0.4 is 0 Å². The normalized spacial score (nSPS) is 30.9. The molecule has 1 nitrogen and oxygen atoms in total. The average molecular weight is 243 g/mol. The first kappa shape index (κ1) is 12.2. The van der Waals surface area contributed by atoms with E-state index in [9.17, 15) is 0 Å². The number of hydrogen-bond acceptors (Lipinski definition) is 1. The van der Waals surface area contributed by atoms with Crippen molar-refractivity contribution in [2.45, 2.75) is 38.0 Å². The molecule has 3 atom stereocenters. The van der Waals surface area contributed by atoms with Crippen molar-refractivity contribution in [3.63, 3.8) is 0 Å². The van der Waals surface area contributed by atoms with E-state index in [-0.39, 0.29) is 0 Å². The third-order valence-corrected chi connectivity index (χ3v) is 5.01. The molecule has 2 aliphatic carbocycles. The quantitative estimate of drug-likeness (QED) is 0.765. The highest BCUT2D eigenvalue weighted by atomic mass is 15.1. The van der Waals surface area contributed by atoms with Gasteiger partial charge in [-0.3, -0.25) is 0 Å². The first-order chi connectivity index (χ1) is 8.75. The van der Waals surface area contributed by atoms with Crippen molar-refractivity contribution in [1.82, 2.24) is 4.90 Å². The average Bonchev–Trinajstić information content (AvgIpc) is 2.38. The van der Waals surface area contributed by atoms with Crippen LogP contribution in [0, 0.1) is 11.8 Å². The van der Waals surface area contributed by atoms with Gasteiger partial charge in [0.2, 0.25) is 0 Å². The van der Waals surface area contributed by atoms with Crippen molar-refractivity contribution < 1.29 is 0 Å². The van der Waals surface area contributed by atoms with Gasteiger partial charge in [-0.2, -0.15) is 0 Å². The van der Waals surface area contributed by atoms with Crippen molar-refractivity contribution in [3.05, 3.63) is 35.4 Å². The van der Waals surface area contributed by atoms with Gasteiger partial charge in [0.05, 0.1) is 0 Å². The van der Waals surface area contributed by atoms with Crippen LogP contribution in [0.15, 0.2) is 24.3 Å². The van der Waals surface area contributed by atoms with Crippen molar-refractivity contribution >= 4 is 0 Å². The van der Waals surface area contributed by atoms with Crippen LogP contribution in [0.5, 0.6) is 0 Å². The predicted molar refractivity (Wildman–Crippen MR) is 76.9 cm³/mol. The zero-order chi connectivity index (χ0) is 12.5. The fourth-order valence-electron chi connectivity index (χ4n) is 4.32. The summed E-state index contributed by atoms with van der Waals surface area (Å²) in [7, 11) is 4.45. The fourth-order valence-corrected chi connectivity index (χ4v) is 4.32. The van der Waals surface area contributed by atoms with Crippen LogP contribution in [0.1, 0.15) is 42.7 Å². The van der Waals surface area contributed by atoms with Gasteiger partial charge in [-0.05, 0) is 68.7 Å². The van der Waals surface area contributed by atoms with E-state index < -0.39 is 0 Å². The Balaban J connectivity index is 1.85. The molecule has 0 unspecified atom stereocenters. The number of fused-ring (bicyclic) bond motifs is 3. The van der Waals surface area contributed by atoms with E-state index in [1.807, 2.05) is 0 Å². The molecular weight excluding hydrogens is 218 g/mol. The number of rotatable bonds is 2. The highest BCUT2D eigenvalue weighted by Gasteiger charge is 2.37. The Kier molecular flexibility index (Phi) is 3.43. The zero-order valence-corrected chi connectivity index (χ0v) is 11.7. The minimum Gasteiger partial charge on any atom is -0.309 e. The lowest BCUT2D eigenvalue weighted by Gasteiger charge is -2.43. The van der Waals surface area contributed by atoms with E-state index in [1.54, 1.807) is 11.1 Å². The molecule has 98 valence electrons. The number of aryl methyl sites for hydroxylation is 1. The Morgan fingerprint density at radius 2 is 1.94 bits per heavy atom. The van der Waals surface area contributed by atoms with Gasteiger partial charge < -0.3 is 4.90 Å². The first-order valence-electron chi connectivity index (χ1n) is 7.48. The van der Waals surface area contributed by atoms with Crippen LogP contribution in [0.3, 0.4) is 0 Å². The Morgan fingerprint density at radius 3 is 2.78 bits per heavy atom. The highest BCUT2D eigenvalue weighted by Crippen LogP contribution is 2.47. The van der Waals surface area contributed by atoms with Crippen molar-refractivity contribution in [1.29, 1.82) is 0 Å². The standard InChI is InChI=1S/C17H25N/c1-18(2)12-14-7-5-9-17-15-8-4-3-6-13(15)10-11-16(14)17/h3-4,6,8,14,16-17H,5,7,9-12H2,1-2H3/t14-,16+,17+/m0/s1. The summed E-state index contributed by atoms with van der Waals surface area (Å²) in [5.41, 5.74) is 3.31. The zero-order valence-electron chi connectivity index (χ0n) is 11.7. The van der Waals surface area contributed by atoms with E-state index in [0.717, 1.165) is 17.8 Å². The van der Waals surface area contributed by atoms with Gasteiger partial charge >= 0.3 is 0 Å². The van der Waals surface area contributed by atoms with Crippen molar-refractivity contribution in [2.75, 3.05) is 20.6 Å². The Morgan fingerprint density at radius 1 is 1.11 bits per heavy atom. The fraction of sp³-hybridized carbons (Fsp3) is 0.647. The SMILES string of the molecule is CN(C)C[C@@H]1CCC[C@@H]2c3ccccc3CC[C@H]12. The Hall–Kier alpha value is -0.820. The van der Waals surface area contributed by atoms with Gasteiger partial charge in [0.1, 0.15) is 0 Å². The lowest BCUT2D eigenvalue weighted by Crippen LogP contribution is -2.36. The molecule has 0 aliphatic heterocycles. The maximum Gasteiger partial charge on any atom is 0.000643 e. The highest BCUT2D eigenvalue weighted by molar-refractivity contribution is 5.34. The Labute approximate surface area is 111 Å². The second-order valence-electron chi connectivity index (χ2n) is 6.46. The summed E-state index contributed by atoms with van der Waals surface area (Å²) in [6.45, 7) is 1.28. The molecule has 0 amide bonds. The summed E-state index contributed by atoms with van der Waals surface area (Å²) in [6.07, 6.45) is 7.02. The van der Waals surface area contributed by atoms with E-state index in [1.165, 1.54) is 38.6 Å². The molecule has 0 spiro atoms. The summed E-state index contributed by atoms with van der Waals surface area (Å²) in [4.78, 5) is 2.38. The molecule has 2 aliphatic rings. The third kappa shape index (κ3) is 2.21. The van der Waals surface area contributed by atoms with Gasteiger partial charge in [-0.25, -0.2) is 0 Å². The molecule has 1 heteroatoms. The van der Waals surface area contributed by atoms with E-state index >= 15 is 0 Å². The molecule has 1 saturated carbocycles. The molecule has 1 fully saturated rings. The number of hydrogen-bond donors (Lipinski definition) is 0. The number of nitrogens with zero attached hydrogens (tertiary/aromatic N) is 1. The minimum atomic E-state index is 0.855. The van der Waals surface area contributed by atoms with Crippen LogP contribution >= 0.6 is 0 Å². The molecule has 1 aromatic carbocycles. The third-order valence-electron chi connectivity index (χ3n) is 5.01. The second kappa shape index (κ2) is 5.05. The van der Waals surface area contributed by atoms with Crippen LogP contribution in [-0.4, -0.2) is 25.5 Å². The molecule has 18 heavy (non-hydrogen) atoms. The maximum atomic E-state index is 2.39. The van der Waals surface area contributed by atoms with Crippen LogP contribution in [0.25, 0.3) is 0 Å². The summed E-state index contributed by atoms with van der Waals surface area (Å²) in [5.74, 6) is 2.72. The molecule has 0 aromatic heterocycles. The van der Waals surface area contributed by atoms with Gasteiger partial charge in [-0.1, -0.05) is 30.7 Å². The summed E-state index contributed by atoms with van der Waals surface area (Å²) in [5, 5.41) is 0. The molecule has 0 radical (unpaired) electrons. The summed E-state index contributed by atoms with van der Waals surface area (Å²) >= 11 is 0. The second-order valence-corrected chi connectivity index (χ2v) is 6.46. The van der Waals surface area contributed by atoms with E-state index in [0.29, 0.717) is 0 Å². The van der Waals surface area contributed by atoms with E-state index in [2.05, 4.69) is 43.3 Å². The summed E-state index contributed by atoms with van der Waals surface area (Å²) < 4.78 is 0. The maximum absolute atomic E-state index is 2.39. The monoisotopic (exact) mass is 243 g/mol. The summed E-state index contributed by atoms with van der Waals surface area (Å²) in [6, 6.07) is 9.18. The molecule has 0 heterocycles. The first-order valence-corrected chi connectivity index (χ1v) is 7.48. The largest absolute Gasteiger partial charge is 0.309 e. The molecular formula is C17H25N. The molecule has 1 aromatic rings. The van der Waals surface area contributed by atoms with Gasteiger partial charge in [0, 0.05) is 6.54 Å². The van der Waals surface area contributed by atoms with Crippen LogP contribution in [0.4, 0.5) is 0 Å². The smallest absolute Gasteiger partial charge is 0.000643 e. The number of benzene rings is 1. The van der Waals surface area contributed by atoms with Crippen molar-refractivity contribution in [2.24, 2.45) is 11.8 Å². The lowest BCUT2D eigenvalue weighted by molar-refractivity contribution is 0.146. The minimum absolute atomic E-state index is 0.855. The van der Waals surface area contributed by atoms with E-state index in [4.69, 9.17) is 0 Å². The molecule has 0 bridgehead atoms. The topological polar surface area (TPSA) is 3.24 Å². The lowest BCUT2D eigenvalue weighted by atomic mass is 9.63. The van der Waals surface area contributed by atoms with Crippen molar-refractivity contribution in [3.8, 4) is 0 Å². The Bertz CT molecular complexity index is 410. The molecule has 0 saturated heterocycles. The molecule has 0 N–H and O–H groups in total. The van der Waals surface area contributed by atoms with Gasteiger partial charge in [0.25, 0.3) is 0 Å². The van der Waals surface area contributed by atoms with Crippen LogP contribution in [-0.2, 0) is 6.42 Å².